The number of hydrogen-bond acceptors (Lipinski definition) is 5. The third-order valence-corrected chi connectivity index (χ3v) is 5.83. The van der Waals surface area contributed by atoms with Crippen LogP contribution in [0, 0.1) is 5.92 Å². The number of anilines is 2. The van der Waals surface area contributed by atoms with Gasteiger partial charge in [-0.05, 0) is 42.3 Å². The monoisotopic (exact) mass is 478 g/mol. The van der Waals surface area contributed by atoms with Crippen LogP contribution in [-0.4, -0.2) is 28.7 Å². The summed E-state index contributed by atoms with van der Waals surface area (Å²) in [6.07, 6.45) is 0. The predicted octanol–water partition coefficient (Wildman–Crippen LogP) is 4.95. The van der Waals surface area contributed by atoms with Crippen LogP contribution >= 0.6 is 34.5 Å². The molecule has 0 saturated heterocycles. The van der Waals surface area contributed by atoms with Gasteiger partial charge in [0.2, 0.25) is 11.8 Å². The molecule has 31 heavy (non-hydrogen) atoms. The fourth-order valence-electron chi connectivity index (χ4n) is 2.87. The fraction of sp³-hybridized carbons (Fsp3) is 0.238. The molecule has 3 N–H and O–H groups in total. The zero-order chi connectivity index (χ0) is 22.7. The molecule has 0 saturated carbocycles. The van der Waals surface area contributed by atoms with E-state index in [-0.39, 0.29) is 22.4 Å². The average Bonchev–Trinajstić information content (AvgIpc) is 3.06. The summed E-state index contributed by atoms with van der Waals surface area (Å²) in [5.41, 5.74) is 1.57. The van der Waals surface area contributed by atoms with Crippen molar-refractivity contribution in [3.63, 3.8) is 0 Å². The fourth-order valence-corrected chi connectivity index (χ4v) is 4.27. The van der Waals surface area contributed by atoms with Gasteiger partial charge in [0.15, 0.2) is 5.13 Å². The first-order valence-electron chi connectivity index (χ1n) is 9.39. The number of hydrogen-bond donors (Lipinski definition) is 3. The normalized spacial score (nSPS) is 11.9. The molecule has 0 aliphatic heterocycles. The van der Waals surface area contributed by atoms with E-state index in [0.29, 0.717) is 21.4 Å². The smallest absolute Gasteiger partial charge is 0.253 e. The van der Waals surface area contributed by atoms with Crippen molar-refractivity contribution in [3.05, 3.63) is 52.0 Å². The molecule has 1 atom stereocenters. The zero-order valence-electron chi connectivity index (χ0n) is 17.0. The molecule has 1 unspecified atom stereocenters. The number of carbonyl (C=O) groups is 3. The molecule has 3 amide bonds. The second-order valence-corrected chi connectivity index (χ2v) is 9.07. The first kappa shape index (κ1) is 23.0. The minimum Gasteiger partial charge on any atom is -0.340 e. The highest BCUT2D eigenvalue weighted by Gasteiger charge is 2.26. The Morgan fingerprint density at radius 2 is 1.77 bits per heavy atom. The molecule has 0 spiro atoms. The summed E-state index contributed by atoms with van der Waals surface area (Å²) >= 11 is 13.3. The number of rotatable bonds is 6. The Morgan fingerprint density at radius 1 is 1.03 bits per heavy atom. The molecule has 1 aromatic heterocycles. The van der Waals surface area contributed by atoms with Gasteiger partial charge in [-0.2, -0.15) is 0 Å². The molecule has 1 heterocycles. The predicted molar refractivity (Wildman–Crippen MR) is 125 cm³/mol. The molecule has 0 bridgehead atoms. The SMILES string of the molecule is CC(=O)Nc1ccc2nc(NC(=O)C(NC(=O)c3ccc(Cl)cc3Cl)C(C)C)sc2c1. The van der Waals surface area contributed by atoms with E-state index in [1.807, 2.05) is 13.8 Å². The molecular weight excluding hydrogens is 459 g/mol. The number of thiazole rings is 1. The van der Waals surface area contributed by atoms with Crippen LogP contribution in [0.3, 0.4) is 0 Å². The highest BCUT2D eigenvalue weighted by Crippen LogP contribution is 2.29. The van der Waals surface area contributed by atoms with Gasteiger partial charge in [0, 0.05) is 17.6 Å². The number of carbonyl (C=O) groups excluding carboxylic acids is 3. The molecule has 0 fully saturated rings. The van der Waals surface area contributed by atoms with Crippen molar-refractivity contribution in [2.75, 3.05) is 10.6 Å². The molecule has 2 aromatic carbocycles. The van der Waals surface area contributed by atoms with Gasteiger partial charge in [-0.3, -0.25) is 14.4 Å². The zero-order valence-corrected chi connectivity index (χ0v) is 19.3. The third kappa shape index (κ3) is 5.72. The third-order valence-electron chi connectivity index (χ3n) is 4.35. The van der Waals surface area contributed by atoms with Gasteiger partial charge in [0.05, 0.1) is 20.8 Å². The number of nitrogens with zero attached hydrogens (tertiary/aromatic N) is 1. The lowest BCUT2D eigenvalue weighted by atomic mass is 10.0. The van der Waals surface area contributed by atoms with Gasteiger partial charge in [-0.15, -0.1) is 0 Å². The van der Waals surface area contributed by atoms with Crippen LogP contribution < -0.4 is 16.0 Å². The molecule has 10 heteroatoms. The Kier molecular flexibility index (Phi) is 7.15. The van der Waals surface area contributed by atoms with E-state index < -0.39 is 17.9 Å². The molecule has 0 radical (unpaired) electrons. The maximum absolute atomic E-state index is 12.9. The Balaban J connectivity index is 1.75. The molecule has 3 aromatic rings. The second kappa shape index (κ2) is 9.64. The Hall–Kier alpha value is -2.68. The molecule has 0 aliphatic rings. The summed E-state index contributed by atoms with van der Waals surface area (Å²) in [6, 6.07) is 9.02. The molecule has 0 aliphatic carbocycles. The van der Waals surface area contributed by atoms with Crippen molar-refractivity contribution in [2.24, 2.45) is 5.92 Å². The lowest BCUT2D eigenvalue weighted by Gasteiger charge is -2.21. The van der Waals surface area contributed by atoms with Crippen LogP contribution in [0.15, 0.2) is 36.4 Å². The van der Waals surface area contributed by atoms with Gasteiger partial charge in [-0.1, -0.05) is 48.4 Å². The van der Waals surface area contributed by atoms with Crippen LogP contribution in [0.5, 0.6) is 0 Å². The van der Waals surface area contributed by atoms with Crippen LogP contribution in [0.25, 0.3) is 10.2 Å². The van der Waals surface area contributed by atoms with E-state index in [2.05, 4.69) is 20.9 Å². The van der Waals surface area contributed by atoms with Gasteiger partial charge >= 0.3 is 0 Å². The van der Waals surface area contributed by atoms with E-state index >= 15 is 0 Å². The number of benzene rings is 2. The number of nitrogens with one attached hydrogen (secondary N) is 3. The summed E-state index contributed by atoms with van der Waals surface area (Å²) in [5, 5.41) is 9.22. The maximum Gasteiger partial charge on any atom is 0.253 e. The second-order valence-electron chi connectivity index (χ2n) is 7.19. The minimum absolute atomic E-state index is 0.173. The van der Waals surface area contributed by atoms with Crippen LogP contribution in [0.1, 0.15) is 31.1 Å². The number of amides is 3. The van der Waals surface area contributed by atoms with Crippen molar-refractivity contribution in [1.82, 2.24) is 10.3 Å². The molecule has 162 valence electrons. The van der Waals surface area contributed by atoms with Crippen LogP contribution in [0.2, 0.25) is 10.0 Å². The number of halogens is 2. The maximum atomic E-state index is 12.9. The summed E-state index contributed by atoms with van der Waals surface area (Å²) < 4.78 is 0.805. The highest BCUT2D eigenvalue weighted by molar-refractivity contribution is 7.22. The quantitative estimate of drug-likeness (QED) is 0.466. The average molecular weight is 479 g/mol. The van der Waals surface area contributed by atoms with E-state index in [4.69, 9.17) is 23.2 Å². The standard InChI is InChI=1S/C21H20Cl2N4O3S/c1-10(2)18(26-19(29)14-6-4-12(22)8-15(14)23)20(30)27-21-25-16-7-5-13(24-11(3)28)9-17(16)31-21/h4-10,18H,1-3H3,(H,24,28)(H,26,29)(H,25,27,30). The molecule has 7 nitrogen and oxygen atoms in total. The van der Waals surface area contributed by atoms with Crippen LogP contribution in [0.4, 0.5) is 10.8 Å². The van der Waals surface area contributed by atoms with E-state index in [9.17, 15) is 14.4 Å². The largest absolute Gasteiger partial charge is 0.340 e. The van der Waals surface area contributed by atoms with Crippen molar-refractivity contribution < 1.29 is 14.4 Å². The van der Waals surface area contributed by atoms with Gasteiger partial charge < -0.3 is 16.0 Å². The molecule has 3 rings (SSSR count). The van der Waals surface area contributed by atoms with Gasteiger partial charge in [-0.25, -0.2) is 4.98 Å². The van der Waals surface area contributed by atoms with E-state index in [1.165, 1.54) is 30.4 Å². The Morgan fingerprint density at radius 3 is 2.42 bits per heavy atom. The Bertz CT molecular complexity index is 1160. The lowest BCUT2D eigenvalue weighted by molar-refractivity contribution is -0.119. The number of aromatic nitrogens is 1. The van der Waals surface area contributed by atoms with Crippen molar-refractivity contribution in [3.8, 4) is 0 Å². The Labute approximate surface area is 193 Å². The van der Waals surface area contributed by atoms with Crippen molar-refractivity contribution >= 4 is 73.3 Å². The van der Waals surface area contributed by atoms with Crippen molar-refractivity contribution in [1.29, 1.82) is 0 Å². The first-order valence-corrected chi connectivity index (χ1v) is 11.0. The topological polar surface area (TPSA) is 100 Å². The number of fused-ring (bicyclic) bond motifs is 1. The summed E-state index contributed by atoms with van der Waals surface area (Å²) in [6.45, 7) is 5.08. The van der Waals surface area contributed by atoms with Gasteiger partial charge in [0.1, 0.15) is 6.04 Å². The minimum atomic E-state index is -0.804. The highest BCUT2D eigenvalue weighted by atomic mass is 35.5. The van der Waals surface area contributed by atoms with Gasteiger partial charge in [0.25, 0.3) is 5.91 Å². The van der Waals surface area contributed by atoms with E-state index in [1.54, 1.807) is 24.3 Å². The first-order chi connectivity index (χ1) is 14.6. The van der Waals surface area contributed by atoms with E-state index in [0.717, 1.165) is 4.70 Å². The van der Waals surface area contributed by atoms with Crippen LogP contribution in [-0.2, 0) is 9.59 Å². The summed E-state index contributed by atoms with van der Waals surface area (Å²) in [7, 11) is 0. The lowest BCUT2D eigenvalue weighted by Crippen LogP contribution is -2.47. The summed E-state index contributed by atoms with van der Waals surface area (Å²) in [5.74, 6) is -1.22. The van der Waals surface area contributed by atoms with Crippen molar-refractivity contribution in [2.45, 2.75) is 26.8 Å². The summed E-state index contributed by atoms with van der Waals surface area (Å²) in [4.78, 5) is 41.2. The molecular formula is C21H20Cl2N4O3S.